The number of carbonyl (C=O) groups is 2. The molecule has 5 aliphatic carbocycles. The van der Waals surface area contributed by atoms with Crippen LogP contribution in [0.4, 0.5) is 0 Å². The first kappa shape index (κ1) is 25.7. The van der Waals surface area contributed by atoms with Crippen molar-refractivity contribution in [2.24, 2.45) is 56.7 Å². The van der Waals surface area contributed by atoms with Gasteiger partial charge in [0.05, 0.1) is 18.1 Å². The van der Waals surface area contributed by atoms with Crippen LogP contribution in [0.1, 0.15) is 93.4 Å². The molecule has 0 unspecified atom stereocenters. The molecule has 5 aliphatic rings. The van der Waals surface area contributed by atoms with Crippen LogP contribution in [0, 0.1) is 68.0 Å². The van der Waals surface area contributed by atoms with Crippen molar-refractivity contribution in [3.63, 3.8) is 0 Å². The fourth-order valence-electron chi connectivity index (χ4n) is 10.6. The molecular weight excluding hydrogens is 446 g/mol. The highest BCUT2D eigenvalue weighted by molar-refractivity contribution is 6.04. The largest absolute Gasteiger partial charge is 0.469 e. The monoisotopic (exact) mass is 491 g/mol. The van der Waals surface area contributed by atoms with Crippen molar-refractivity contribution in [1.82, 2.24) is 0 Å². The number of allylic oxidation sites excluding steroid dienone is 4. The number of nitriles is 1. The summed E-state index contributed by atoms with van der Waals surface area (Å²) >= 11 is 0. The molecule has 5 rings (SSSR count). The van der Waals surface area contributed by atoms with Gasteiger partial charge in [0.1, 0.15) is 6.07 Å². The Morgan fingerprint density at radius 2 is 1.72 bits per heavy atom. The van der Waals surface area contributed by atoms with Gasteiger partial charge in [-0.2, -0.15) is 5.26 Å². The number of fused-ring (bicyclic) bond motifs is 7. The van der Waals surface area contributed by atoms with Crippen LogP contribution >= 0.6 is 0 Å². The van der Waals surface area contributed by atoms with Gasteiger partial charge in [0.15, 0.2) is 5.78 Å². The van der Waals surface area contributed by atoms with Crippen LogP contribution in [0.2, 0.25) is 0 Å². The summed E-state index contributed by atoms with van der Waals surface area (Å²) in [6.45, 7) is 16.2. The second-order valence-corrected chi connectivity index (χ2v) is 14.4. The summed E-state index contributed by atoms with van der Waals surface area (Å²) in [5.74, 6) is 1.84. The van der Waals surface area contributed by atoms with Crippen molar-refractivity contribution in [3.8, 4) is 6.07 Å². The van der Waals surface area contributed by atoms with E-state index in [-0.39, 0.29) is 39.8 Å². The fourth-order valence-corrected chi connectivity index (χ4v) is 10.6. The van der Waals surface area contributed by atoms with E-state index in [9.17, 15) is 14.9 Å². The highest BCUT2D eigenvalue weighted by atomic mass is 16.5. The van der Waals surface area contributed by atoms with Gasteiger partial charge in [0.2, 0.25) is 0 Å². The number of carbonyl (C=O) groups excluding carboxylic acids is 2. The van der Waals surface area contributed by atoms with E-state index in [1.807, 2.05) is 0 Å². The van der Waals surface area contributed by atoms with E-state index in [0.717, 1.165) is 44.9 Å². The van der Waals surface area contributed by atoms with Crippen molar-refractivity contribution in [3.05, 3.63) is 23.3 Å². The van der Waals surface area contributed by atoms with E-state index < -0.39 is 10.8 Å². The highest BCUT2D eigenvalue weighted by Crippen LogP contribution is 2.75. The number of ketones is 1. The van der Waals surface area contributed by atoms with E-state index in [4.69, 9.17) is 4.74 Å². The normalized spacial score (nSPS) is 49.2. The molecule has 9 atom stereocenters. The summed E-state index contributed by atoms with van der Waals surface area (Å²) in [6, 6.07) is 2.26. The van der Waals surface area contributed by atoms with E-state index in [0.29, 0.717) is 23.3 Å². The van der Waals surface area contributed by atoms with Crippen LogP contribution < -0.4 is 0 Å². The predicted molar refractivity (Wildman–Crippen MR) is 140 cm³/mol. The number of esters is 1. The van der Waals surface area contributed by atoms with Crippen LogP contribution in [-0.4, -0.2) is 18.9 Å². The number of hydrogen-bond acceptors (Lipinski definition) is 4. The molecule has 196 valence electrons. The fraction of sp³-hybridized carbons (Fsp3) is 0.781. The summed E-state index contributed by atoms with van der Waals surface area (Å²) in [7, 11) is 1.56. The van der Waals surface area contributed by atoms with Crippen molar-refractivity contribution < 1.29 is 14.3 Å². The third kappa shape index (κ3) is 2.87. The summed E-state index contributed by atoms with van der Waals surface area (Å²) in [4.78, 5) is 26.6. The van der Waals surface area contributed by atoms with Gasteiger partial charge in [-0.3, -0.25) is 9.59 Å². The van der Waals surface area contributed by atoms with Crippen molar-refractivity contribution in [2.75, 3.05) is 7.11 Å². The third-order valence-electron chi connectivity index (χ3n) is 13.0. The Bertz CT molecular complexity index is 1110. The lowest BCUT2D eigenvalue weighted by Crippen LogP contribution is -2.64. The summed E-state index contributed by atoms with van der Waals surface area (Å²) in [5, 5.41) is 9.89. The number of nitrogens with zero attached hydrogens (tertiary/aromatic N) is 1. The molecule has 0 aromatic heterocycles. The van der Waals surface area contributed by atoms with Gasteiger partial charge in [-0.1, -0.05) is 66.2 Å². The Hall–Kier alpha value is -1.89. The van der Waals surface area contributed by atoms with Gasteiger partial charge in [0.25, 0.3) is 0 Å². The van der Waals surface area contributed by atoms with E-state index in [2.05, 4.69) is 66.7 Å². The van der Waals surface area contributed by atoms with Crippen molar-refractivity contribution in [2.45, 2.75) is 93.4 Å². The zero-order valence-electron chi connectivity index (χ0n) is 23.7. The molecule has 0 amide bonds. The molecule has 3 saturated carbocycles. The minimum Gasteiger partial charge on any atom is -0.469 e. The Labute approximate surface area is 217 Å². The molecule has 0 aromatic rings. The molecule has 3 fully saturated rings. The molecule has 0 bridgehead atoms. The van der Waals surface area contributed by atoms with Crippen molar-refractivity contribution in [1.29, 1.82) is 5.26 Å². The molecule has 0 spiro atoms. The first-order valence-corrected chi connectivity index (χ1v) is 14.2. The maximum absolute atomic E-state index is 13.4. The van der Waals surface area contributed by atoms with Crippen LogP contribution in [0.25, 0.3) is 0 Å². The Kier molecular flexibility index (Phi) is 5.59. The summed E-state index contributed by atoms with van der Waals surface area (Å²) in [5.41, 5.74) is 0.760. The van der Waals surface area contributed by atoms with E-state index in [1.54, 1.807) is 7.11 Å². The average Bonchev–Trinajstić information content (AvgIpc) is 2.83. The number of methoxy groups -OCH3 is 1. The lowest BCUT2D eigenvalue weighted by atomic mass is 9.34. The summed E-state index contributed by atoms with van der Waals surface area (Å²) < 4.78 is 5.49. The second kappa shape index (κ2) is 7.81. The Morgan fingerprint density at radius 3 is 2.36 bits per heavy atom. The Balaban J connectivity index is 1.67. The van der Waals surface area contributed by atoms with Gasteiger partial charge in [-0.25, -0.2) is 0 Å². The lowest BCUT2D eigenvalue weighted by molar-refractivity contribution is -0.179. The quantitative estimate of drug-likeness (QED) is 0.291. The van der Waals surface area contributed by atoms with Gasteiger partial charge in [0, 0.05) is 5.41 Å². The number of Topliss-reactive ketones (excluding diaryl/α,β-unsaturated/α-hetero) is 1. The van der Waals surface area contributed by atoms with Crippen LogP contribution in [0.5, 0.6) is 0 Å². The zero-order chi connectivity index (χ0) is 26.5. The Morgan fingerprint density at radius 1 is 1.03 bits per heavy atom. The molecule has 0 N–H and O–H groups in total. The molecule has 4 nitrogen and oxygen atoms in total. The number of rotatable bonds is 1. The van der Waals surface area contributed by atoms with Gasteiger partial charge < -0.3 is 4.74 Å². The lowest BCUT2D eigenvalue weighted by Gasteiger charge is -2.70. The first-order valence-electron chi connectivity index (χ1n) is 14.2. The molecule has 36 heavy (non-hydrogen) atoms. The van der Waals surface area contributed by atoms with E-state index in [1.165, 1.54) is 5.57 Å². The molecule has 0 saturated heterocycles. The minimum absolute atomic E-state index is 0.00807. The molecule has 0 aliphatic heterocycles. The number of ether oxygens (including phenoxy) is 1. The predicted octanol–water partition coefficient (Wildman–Crippen LogP) is 7.06. The summed E-state index contributed by atoms with van der Waals surface area (Å²) in [6.07, 6.45) is 11.5. The topological polar surface area (TPSA) is 67.2 Å². The molecule has 0 aromatic carbocycles. The van der Waals surface area contributed by atoms with Crippen LogP contribution in [0.3, 0.4) is 0 Å². The van der Waals surface area contributed by atoms with Crippen molar-refractivity contribution >= 4 is 11.8 Å². The van der Waals surface area contributed by atoms with Gasteiger partial charge >= 0.3 is 5.97 Å². The average molecular weight is 492 g/mol. The van der Waals surface area contributed by atoms with Crippen LogP contribution in [0.15, 0.2) is 23.3 Å². The van der Waals surface area contributed by atoms with Crippen LogP contribution in [-0.2, 0) is 14.3 Å². The highest BCUT2D eigenvalue weighted by Gasteiger charge is 2.69. The maximum atomic E-state index is 13.4. The molecule has 0 heterocycles. The SMILES string of the molecule is COC(=O)[C@]12CC[C@@H](C)[C@H](C)[C@H]1C1=CC[C@@H]3[C@@]4(C)C=C(C#N)C(=O)C(C)(C)[C@@H]4CC[C@@]3(C)[C@]1(C)CC2. The van der Waals surface area contributed by atoms with Gasteiger partial charge in [-0.15, -0.1) is 0 Å². The zero-order valence-corrected chi connectivity index (χ0v) is 23.7. The minimum atomic E-state index is -0.527. The number of hydrogen-bond donors (Lipinski definition) is 0. The van der Waals surface area contributed by atoms with Gasteiger partial charge in [-0.05, 0) is 90.8 Å². The maximum Gasteiger partial charge on any atom is 0.312 e. The smallest absolute Gasteiger partial charge is 0.312 e. The first-order chi connectivity index (χ1) is 16.7. The molecular formula is C32H45NO3. The second-order valence-electron chi connectivity index (χ2n) is 14.4. The molecule has 0 radical (unpaired) electrons. The standard InChI is InChI=1S/C32H45NO3/c1-19-11-14-32(27(35)36-8)16-15-30(6)22(25(32)20(19)2)9-10-24-29(5)17-21(18-33)26(34)28(3,4)23(29)12-13-31(24,30)7/h9,17,19-20,23-25H,10-16H2,1-8H3/t19-,20+,23+,24-,25+,29+,30-,31-,32+/m1/s1. The molecule has 4 heteroatoms. The van der Waals surface area contributed by atoms with E-state index >= 15 is 0 Å². The third-order valence-corrected chi connectivity index (χ3v) is 13.0.